The van der Waals surface area contributed by atoms with Crippen molar-refractivity contribution in [3.8, 4) is 11.4 Å². The Kier molecular flexibility index (Phi) is 4.22. The molecule has 1 aromatic carbocycles. The summed E-state index contributed by atoms with van der Waals surface area (Å²) < 4.78 is 0. The fourth-order valence-corrected chi connectivity index (χ4v) is 3.31. The van der Waals surface area contributed by atoms with Crippen LogP contribution in [-0.2, 0) is 11.2 Å². The molecule has 1 amide bonds. The first-order valence-corrected chi connectivity index (χ1v) is 8.75. The van der Waals surface area contributed by atoms with E-state index in [4.69, 9.17) is 0 Å². The smallest absolute Gasteiger partial charge is 0.226 e. The zero-order valence-electron chi connectivity index (χ0n) is 13.3. The van der Waals surface area contributed by atoms with Gasteiger partial charge >= 0.3 is 0 Å². The van der Waals surface area contributed by atoms with Gasteiger partial charge in [-0.05, 0) is 18.1 Å². The van der Waals surface area contributed by atoms with Gasteiger partial charge in [0, 0.05) is 26.2 Å². The highest BCUT2D eigenvalue weighted by atomic mass is 32.1. The number of aryl methyl sites for hydroxylation is 1. The molecule has 0 unspecified atom stereocenters. The van der Waals surface area contributed by atoms with Crippen molar-refractivity contribution in [3.63, 3.8) is 0 Å². The molecule has 0 aliphatic heterocycles. The van der Waals surface area contributed by atoms with Crippen LogP contribution in [0.15, 0.2) is 54.3 Å². The van der Waals surface area contributed by atoms with Crippen molar-refractivity contribution in [2.75, 3.05) is 5.32 Å². The summed E-state index contributed by atoms with van der Waals surface area (Å²) in [6.45, 7) is 0. The third kappa shape index (κ3) is 3.41. The summed E-state index contributed by atoms with van der Waals surface area (Å²) in [5.41, 5.74) is 3.41. The van der Waals surface area contributed by atoms with Gasteiger partial charge in [0.25, 0.3) is 0 Å². The molecule has 0 saturated heterocycles. The summed E-state index contributed by atoms with van der Waals surface area (Å²) in [4.78, 5) is 28.2. The summed E-state index contributed by atoms with van der Waals surface area (Å²) in [5, 5.41) is 6.24. The highest BCUT2D eigenvalue weighted by molar-refractivity contribution is 7.14. The van der Waals surface area contributed by atoms with Crippen molar-refractivity contribution < 1.29 is 7.65 Å². The SMILES string of the molecule is O=C(CCc1ccccc1)Nc1nc(-c2ncnc3[nH]ccc23)cs1.[HH].[HH]. The summed E-state index contributed by atoms with van der Waals surface area (Å²) in [6.07, 6.45) is 4.46. The van der Waals surface area contributed by atoms with Crippen molar-refractivity contribution in [2.45, 2.75) is 12.8 Å². The molecular formula is C18H19N5OS. The molecule has 4 rings (SSSR count). The molecule has 25 heavy (non-hydrogen) atoms. The molecule has 0 atom stereocenters. The van der Waals surface area contributed by atoms with Crippen LogP contribution in [0, 0.1) is 0 Å². The minimum atomic E-state index is -0.0424. The molecule has 7 heteroatoms. The van der Waals surface area contributed by atoms with Gasteiger partial charge in [-0.15, -0.1) is 11.3 Å². The van der Waals surface area contributed by atoms with Crippen LogP contribution in [0.1, 0.15) is 14.8 Å². The highest BCUT2D eigenvalue weighted by Gasteiger charge is 2.12. The van der Waals surface area contributed by atoms with Crippen LogP contribution in [0.4, 0.5) is 5.13 Å². The standard InChI is InChI=1S/C18H15N5OS.2H2/c24-15(7-6-12-4-2-1-3-5-12)23-18-22-14(10-25-18)16-13-8-9-19-17(13)21-11-20-16;;/h1-5,8-11H,6-7H2,(H,19,20,21)(H,22,23,24);2*1H. The molecule has 2 N–H and O–H groups in total. The maximum Gasteiger partial charge on any atom is 0.226 e. The number of H-pyrrole nitrogens is 1. The number of aromatic nitrogens is 4. The highest BCUT2D eigenvalue weighted by Crippen LogP contribution is 2.28. The van der Waals surface area contributed by atoms with Crippen molar-refractivity contribution in [1.82, 2.24) is 19.9 Å². The first-order chi connectivity index (χ1) is 12.3. The largest absolute Gasteiger partial charge is 0.346 e. The lowest BCUT2D eigenvalue weighted by molar-refractivity contribution is -0.116. The Bertz CT molecular complexity index is 1020. The Morgan fingerprint density at radius 3 is 2.96 bits per heavy atom. The molecule has 4 aromatic rings. The van der Waals surface area contributed by atoms with Gasteiger partial charge in [0.1, 0.15) is 23.4 Å². The lowest BCUT2D eigenvalue weighted by Crippen LogP contribution is -2.12. The van der Waals surface area contributed by atoms with E-state index in [1.54, 1.807) is 0 Å². The second-order valence-electron chi connectivity index (χ2n) is 5.53. The van der Waals surface area contributed by atoms with Crippen LogP contribution in [0.3, 0.4) is 0 Å². The van der Waals surface area contributed by atoms with E-state index in [1.165, 1.54) is 17.7 Å². The number of aromatic amines is 1. The zero-order valence-corrected chi connectivity index (χ0v) is 14.1. The number of nitrogens with one attached hydrogen (secondary N) is 2. The number of amides is 1. The predicted octanol–water partition coefficient (Wildman–Crippen LogP) is 4.14. The third-order valence-electron chi connectivity index (χ3n) is 3.83. The van der Waals surface area contributed by atoms with E-state index >= 15 is 0 Å². The van der Waals surface area contributed by atoms with E-state index in [0.29, 0.717) is 18.0 Å². The third-order valence-corrected chi connectivity index (χ3v) is 4.59. The monoisotopic (exact) mass is 353 g/mol. The molecular weight excluding hydrogens is 334 g/mol. The maximum atomic E-state index is 12.1. The minimum Gasteiger partial charge on any atom is -0.346 e. The number of nitrogens with zero attached hydrogens (tertiary/aromatic N) is 3. The van der Waals surface area contributed by atoms with Crippen molar-refractivity contribution in [1.29, 1.82) is 0 Å². The fourth-order valence-electron chi connectivity index (χ4n) is 2.60. The van der Waals surface area contributed by atoms with Gasteiger partial charge in [0.2, 0.25) is 5.91 Å². The number of fused-ring (bicyclic) bond motifs is 1. The topological polar surface area (TPSA) is 83.6 Å². The second-order valence-corrected chi connectivity index (χ2v) is 6.39. The van der Waals surface area contributed by atoms with E-state index in [-0.39, 0.29) is 8.76 Å². The Labute approximate surface area is 151 Å². The van der Waals surface area contributed by atoms with Crippen LogP contribution >= 0.6 is 11.3 Å². The molecule has 0 aliphatic rings. The number of hydrogen-bond acceptors (Lipinski definition) is 5. The summed E-state index contributed by atoms with van der Waals surface area (Å²) in [6, 6.07) is 11.9. The number of benzene rings is 1. The molecule has 0 saturated carbocycles. The second kappa shape index (κ2) is 6.82. The van der Waals surface area contributed by atoms with Gasteiger partial charge in [-0.1, -0.05) is 30.3 Å². The van der Waals surface area contributed by atoms with E-state index < -0.39 is 0 Å². The van der Waals surface area contributed by atoms with Crippen LogP contribution in [0.2, 0.25) is 0 Å². The lowest BCUT2D eigenvalue weighted by atomic mass is 10.1. The first kappa shape index (κ1) is 15.5. The van der Waals surface area contributed by atoms with Gasteiger partial charge in [-0.2, -0.15) is 0 Å². The van der Waals surface area contributed by atoms with E-state index in [1.807, 2.05) is 48.0 Å². The summed E-state index contributed by atoms with van der Waals surface area (Å²) in [5.74, 6) is -0.0424. The van der Waals surface area contributed by atoms with Gasteiger partial charge in [-0.25, -0.2) is 15.0 Å². The van der Waals surface area contributed by atoms with Crippen molar-refractivity contribution in [3.05, 3.63) is 59.9 Å². The van der Waals surface area contributed by atoms with Crippen LogP contribution in [0.25, 0.3) is 22.4 Å². The molecule has 0 aliphatic carbocycles. The van der Waals surface area contributed by atoms with Crippen LogP contribution < -0.4 is 5.32 Å². The van der Waals surface area contributed by atoms with Gasteiger partial charge in [0.15, 0.2) is 5.13 Å². The number of carbonyl (C=O) groups is 1. The lowest BCUT2D eigenvalue weighted by Gasteiger charge is -2.02. The van der Waals surface area contributed by atoms with Gasteiger partial charge in [0.05, 0.1) is 0 Å². The molecule has 0 bridgehead atoms. The Hall–Kier alpha value is -3.06. The van der Waals surface area contributed by atoms with E-state index in [0.717, 1.165) is 28.0 Å². The fraction of sp³-hybridized carbons (Fsp3) is 0.111. The number of rotatable bonds is 5. The van der Waals surface area contributed by atoms with Crippen LogP contribution in [-0.4, -0.2) is 25.8 Å². The Morgan fingerprint density at radius 2 is 2.08 bits per heavy atom. The van der Waals surface area contributed by atoms with E-state index in [9.17, 15) is 4.79 Å². The molecule has 3 aromatic heterocycles. The average molecular weight is 353 g/mol. The summed E-state index contributed by atoms with van der Waals surface area (Å²) >= 11 is 1.39. The predicted molar refractivity (Wildman–Crippen MR) is 103 cm³/mol. The van der Waals surface area contributed by atoms with Gasteiger partial charge < -0.3 is 10.3 Å². The first-order valence-electron chi connectivity index (χ1n) is 7.87. The zero-order chi connectivity index (χ0) is 17.1. The van der Waals surface area contributed by atoms with Crippen molar-refractivity contribution in [2.24, 2.45) is 0 Å². The number of thiazole rings is 1. The Morgan fingerprint density at radius 1 is 1.20 bits per heavy atom. The summed E-state index contributed by atoms with van der Waals surface area (Å²) in [7, 11) is 0. The normalized spacial score (nSPS) is 10.9. The minimum absolute atomic E-state index is 0. The average Bonchev–Trinajstić information content (AvgIpc) is 3.30. The molecule has 6 nitrogen and oxygen atoms in total. The van der Waals surface area contributed by atoms with Crippen LogP contribution in [0.5, 0.6) is 0 Å². The molecule has 0 fully saturated rings. The quantitative estimate of drug-likeness (QED) is 0.565. The number of carbonyl (C=O) groups excluding carboxylic acids is 1. The number of anilines is 1. The molecule has 0 radical (unpaired) electrons. The van der Waals surface area contributed by atoms with E-state index in [2.05, 4.69) is 25.3 Å². The number of hydrogen-bond donors (Lipinski definition) is 2. The molecule has 0 spiro atoms. The molecule has 3 heterocycles. The van der Waals surface area contributed by atoms with Crippen molar-refractivity contribution >= 4 is 33.4 Å². The maximum absolute atomic E-state index is 12.1. The Balaban J connectivity index is 0.00000131. The molecule has 128 valence electrons. The van der Waals surface area contributed by atoms with Gasteiger partial charge in [-0.3, -0.25) is 4.79 Å².